The van der Waals surface area contributed by atoms with E-state index in [1.54, 1.807) is 6.20 Å². The van der Waals surface area contributed by atoms with E-state index in [2.05, 4.69) is 14.8 Å². The zero-order valence-electron chi connectivity index (χ0n) is 11.8. The summed E-state index contributed by atoms with van der Waals surface area (Å²) in [4.78, 5) is 8.99. The molecule has 20 heavy (non-hydrogen) atoms. The summed E-state index contributed by atoms with van der Waals surface area (Å²) < 4.78 is 5.41. The summed E-state index contributed by atoms with van der Waals surface area (Å²) in [6.45, 7) is 7.39. The molecule has 2 aliphatic rings. The first-order chi connectivity index (χ1) is 9.83. The summed E-state index contributed by atoms with van der Waals surface area (Å²) in [7, 11) is 0. The average molecular weight is 296 g/mol. The van der Waals surface area contributed by atoms with E-state index in [1.165, 1.54) is 19.4 Å². The van der Waals surface area contributed by atoms with Gasteiger partial charge in [0.05, 0.1) is 23.9 Å². The van der Waals surface area contributed by atoms with Crippen LogP contribution in [0.2, 0.25) is 5.02 Å². The number of hydrogen-bond donors (Lipinski definition) is 0. The molecule has 0 bridgehead atoms. The van der Waals surface area contributed by atoms with E-state index >= 15 is 0 Å². The average Bonchev–Trinajstić information content (AvgIpc) is 2.50. The van der Waals surface area contributed by atoms with Crippen LogP contribution < -0.4 is 4.90 Å². The van der Waals surface area contributed by atoms with Crippen molar-refractivity contribution in [2.24, 2.45) is 5.92 Å². The van der Waals surface area contributed by atoms with Gasteiger partial charge in [-0.25, -0.2) is 0 Å². The van der Waals surface area contributed by atoms with Gasteiger partial charge in [-0.05, 0) is 24.8 Å². The molecule has 4 nitrogen and oxygen atoms in total. The van der Waals surface area contributed by atoms with Crippen molar-refractivity contribution in [3.8, 4) is 0 Å². The van der Waals surface area contributed by atoms with Gasteiger partial charge in [-0.15, -0.1) is 0 Å². The molecule has 5 heteroatoms. The van der Waals surface area contributed by atoms with Gasteiger partial charge >= 0.3 is 0 Å². The molecule has 2 saturated heterocycles. The summed E-state index contributed by atoms with van der Waals surface area (Å²) in [5, 5.41) is 0.763. The van der Waals surface area contributed by atoms with E-state index in [0.717, 1.165) is 56.0 Å². The van der Waals surface area contributed by atoms with Crippen molar-refractivity contribution in [3.05, 3.63) is 23.5 Å². The van der Waals surface area contributed by atoms with Gasteiger partial charge in [-0.3, -0.25) is 9.88 Å². The number of halogens is 1. The molecular weight excluding hydrogens is 274 g/mol. The van der Waals surface area contributed by atoms with Crippen molar-refractivity contribution in [2.45, 2.75) is 12.8 Å². The van der Waals surface area contributed by atoms with Crippen LogP contribution in [0.15, 0.2) is 18.5 Å². The minimum atomic E-state index is 0.763. The van der Waals surface area contributed by atoms with Crippen molar-refractivity contribution < 1.29 is 4.74 Å². The van der Waals surface area contributed by atoms with Crippen molar-refractivity contribution in [1.29, 1.82) is 0 Å². The van der Waals surface area contributed by atoms with E-state index in [-0.39, 0.29) is 0 Å². The van der Waals surface area contributed by atoms with Crippen LogP contribution in [0.25, 0.3) is 0 Å². The highest BCUT2D eigenvalue weighted by Gasteiger charge is 2.23. The summed E-state index contributed by atoms with van der Waals surface area (Å²) in [6, 6.07) is 2.02. The number of pyridine rings is 1. The lowest BCUT2D eigenvalue weighted by Crippen LogP contribution is -2.43. The predicted molar refractivity (Wildman–Crippen MR) is 81.4 cm³/mol. The molecule has 110 valence electrons. The second kappa shape index (κ2) is 6.74. The van der Waals surface area contributed by atoms with Crippen molar-refractivity contribution >= 4 is 17.3 Å². The molecule has 3 heterocycles. The van der Waals surface area contributed by atoms with Crippen molar-refractivity contribution in [2.75, 3.05) is 50.8 Å². The lowest BCUT2D eigenvalue weighted by molar-refractivity contribution is 0.0289. The second-order valence-electron chi connectivity index (χ2n) is 5.67. The molecular formula is C15H22ClN3O. The molecule has 0 N–H and O–H groups in total. The Morgan fingerprint density at radius 2 is 1.95 bits per heavy atom. The summed E-state index contributed by atoms with van der Waals surface area (Å²) in [5.74, 6) is 0.810. The van der Waals surface area contributed by atoms with Crippen molar-refractivity contribution in [3.63, 3.8) is 0 Å². The van der Waals surface area contributed by atoms with Gasteiger partial charge in [-0.1, -0.05) is 11.6 Å². The first kappa shape index (κ1) is 14.1. The molecule has 0 radical (unpaired) electrons. The molecule has 0 aliphatic carbocycles. The maximum Gasteiger partial charge on any atom is 0.0822 e. The lowest BCUT2D eigenvalue weighted by Gasteiger charge is -2.37. The SMILES string of the molecule is Clc1cnccc1N1CCC(CN2CCOCC2)CC1. The molecule has 0 unspecified atom stereocenters. The third-order valence-electron chi connectivity index (χ3n) is 4.33. The van der Waals surface area contributed by atoms with Crippen LogP contribution in [0, 0.1) is 5.92 Å². The fraction of sp³-hybridized carbons (Fsp3) is 0.667. The van der Waals surface area contributed by atoms with Gasteiger partial charge in [0.25, 0.3) is 0 Å². The second-order valence-corrected chi connectivity index (χ2v) is 6.08. The maximum absolute atomic E-state index is 6.22. The zero-order chi connectivity index (χ0) is 13.8. The fourth-order valence-corrected chi connectivity index (χ4v) is 3.37. The number of aromatic nitrogens is 1. The monoisotopic (exact) mass is 295 g/mol. The molecule has 0 atom stereocenters. The predicted octanol–water partition coefficient (Wildman–Crippen LogP) is 2.28. The highest BCUT2D eigenvalue weighted by Crippen LogP contribution is 2.29. The zero-order valence-corrected chi connectivity index (χ0v) is 12.6. The van der Waals surface area contributed by atoms with Crippen LogP contribution in [0.3, 0.4) is 0 Å². The summed E-state index contributed by atoms with van der Waals surface area (Å²) in [5.41, 5.74) is 1.13. The Bertz CT molecular complexity index is 429. The molecule has 1 aromatic rings. The number of nitrogens with zero attached hydrogens (tertiary/aromatic N) is 3. The van der Waals surface area contributed by atoms with Crippen molar-refractivity contribution in [1.82, 2.24) is 9.88 Å². The van der Waals surface area contributed by atoms with Gasteiger partial charge in [0.1, 0.15) is 0 Å². The van der Waals surface area contributed by atoms with E-state index < -0.39 is 0 Å². The number of rotatable bonds is 3. The highest BCUT2D eigenvalue weighted by atomic mass is 35.5. The number of morpholine rings is 1. The summed E-state index contributed by atoms with van der Waals surface area (Å²) in [6.07, 6.45) is 6.05. The first-order valence-corrected chi connectivity index (χ1v) is 7.85. The Labute approximate surface area is 125 Å². The van der Waals surface area contributed by atoms with E-state index in [9.17, 15) is 0 Å². The molecule has 0 saturated carbocycles. The first-order valence-electron chi connectivity index (χ1n) is 7.47. The van der Waals surface area contributed by atoms with Gasteiger partial charge in [0.15, 0.2) is 0 Å². The normalized spacial score (nSPS) is 22.1. The lowest BCUT2D eigenvalue weighted by atomic mass is 9.95. The quantitative estimate of drug-likeness (QED) is 0.855. The van der Waals surface area contributed by atoms with Crippen LogP contribution in [-0.4, -0.2) is 55.8 Å². The van der Waals surface area contributed by atoms with E-state index in [4.69, 9.17) is 16.3 Å². The maximum atomic E-state index is 6.22. The number of ether oxygens (including phenoxy) is 1. The van der Waals surface area contributed by atoms with E-state index in [0.29, 0.717) is 0 Å². The third kappa shape index (κ3) is 3.43. The van der Waals surface area contributed by atoms with E-state index in [1.807, 2.05) is 12.3 Å². The van der Waals surface area contributed by atoms with Gasteiger partial charge in [0, 0.05) is 45.1 Å². The minimum absolute atomic E-state index is 0.763. The van der Waals surface area contributed by atoms with Gasteiger partial charge < -0.3 is 9.64 Å². The molecule has 0 aromatic carbocycles. The van der Waals surface area contributed by atoms with Crippen LogP contribution in [0.4, 0.5) is 5.69 Å². The molecule has 0 amide bonds. The number of hydrogen-bond acceptors (Lipinski definition) is 4. The Morgan fingerprint density at radius 1 is 1.20 bits per heavy atom. The molecule has 3 rings (SSSR count). The largest absolute Gasteiger partial charge is 0.379 e. The van der Waals surface area contributed by atoms with Crippen LogP contribution >= 0.6 is 11.6 Å². The van der Waals surface area contributed by atoms with Crippen LogP contribution in [0.1, 0.15) is 12.8 Å². The number of anilines is 1. The molecule has 2 aliphatic heterocycles. The molecule has 2 fully saturated rings. The Morgan fingerprint density at radius 3 is 2.65 bits per heavy atom. The third-order valence-corrected chi connectivity index (χ3v) is 4.62. The van der Waals surface area contributed by atoms with Gasteiger partial charge in [0.2, 0.25) is 0 Å². The molecule has 0 spiro atoms. The number of piperidine rings is 1. The fourth-order valence-electron chi connectivity index (χ4n) is 3.13. The van der Waals surface area contributed by atoms with Crippen LogP contribution in [-0.2, 0) is 4.74 Å². The van der Waals surface area contributed by atoms with Crippen LogP contribution in [0.5, 0.6) is 0 Å². The Kier molecular flexibility index (Phi) is 4.76. The Balaban J connectivity index is 1.50. The summed E-state index contributed by atoms with van der Waals surface area (Å²) >= 11 is 6.22. The minimum Gasteiger partial charge on any atom is -0.379 e. The smallest absolute Gasteiger partial charge is 0.0822 e. The topological polar surface area (TPSA) is 28.6 Å². The Hall–Kier alpha value is -0.840. The molecule has 1 aromatic heterocycles. The standard InChI is InChI=1S/C15H22ClN3O/c16-14-11-17-4-1-15(14)19-5-2-13(3-6-19)12-18-7-9-20-10-8-18/h1,4,11,13H,2-3,5-10,12H2. The highest BCUT2D eigenvalue weighted by molar-refractivity contribution is 6.33. The van der Waals surface area contributed by atoms with Gasteiger partial charge in [-0.2, -0.15) is 0 Å².